The molecule has 1 aromatic heterocycles. The third-order valence-corrected chi connectivity index (χ3v) is 3.57. The van der Waals surface area contributed by atoms with Gasteiger partial charge in [-0.05, 0) is 13.1 Å². The van der Waals surface area contributed by atoms with Crippen LogP contribution in [-0.2, 0) is 4.79 Å². The van der Waals surface area contributed by atoms with Crippen LogP contribution in [0.1, 0.15) is 6.42 Å². The molecule has 0 aromatic carbocycles. The Labute approximate surface area is 150 Å². The van der Waals surface area contributed by atoms with E-state index in [1.54, 1.807) is 6.20 Å². The predicted octanol–water partition coefficient (Wildman–Crippen LogP) is 0.644. The lowest BCUT2D eigenvalue weighted by Gasteiger charge is -2.35. The molecule has 7 nitrogen and oxygen atoms in total. The summed E-state index contributed by atoms with van der Waals surface area (Å²) in [5.74, 6) is 1.86. The number of nitrogens with zero attached hydrogens (tertiary/aromatic N) is 5. The third-order valence-electron chi connectivity index (χ3n) is 3.57. The van der Waals surface area contributed by atoms with Crippen molar-refractivity contribution < 1.29 is 4.79 Å². The van der Waals surface area contributed by atoms with Gasteiger partial charge in [0.15, 0.2) is 0 Å². The van der Waals surface area contributed by atoms with Crippen molar-refractivity contribution in [1.82, 2.24) is 20.2 Å². The minimum Gasteiger partial charge on any atom is -0.353 e. The monoisotopic (exact) mass is 364 g/mol. The van der Waals surface area contributed by atoms with E-state index >= 15 is 0 Å². The SMILES string of the molecule is CNCCC(=O)N1CCN(c2ccnc(N(C)C)n2)CC1.Cl.Cl. The lowest BCUT2D eigenvalue weighted by atomic mass is 10.2. The minimum atomic E-state index is 0. The summed E-state index contributed by atoms with van der Waals surface area (Å²) in [6.07, 6.45) is 2.34. The summed E-state index contributed by atoms with van der Waals surface area (Å²) in [4.78, 5) is 26.8. The molecule has 132 valence electrons. The van der Waals surface area contributed by atoms with Crippen LogP contribution in [0, 0.1) is 0 Å². The largest absolute Gasteiger partial charge is 0.353 e. The van der Waals surface area contributed by atoms with Crippen molar-refractivity contribution in [1.29, 1.82) is 0 Å². The van der Waals surface area contributed by atoms with Crippen molar-refractivity contribution in [2.24, 2.45) is 0 Å². The van der Waals surface area contributed by atoms with Gasteiger partial charge in [-0.25, -0.2) is 4.98 Å². The summed E-state index contributed by atoms with van der Waals surface area (Å²) in [6.45, 7) is 3.87. The number of anilines is 2. The van der Waals surface area contributed by atoms with Crippen LogP contribution in [0.25, 0.3) is 0 Å². The van der Waals surface area contributed by atoms with Crippen molar-refractivity contribution in [3.63, 3.8) is 0 Å². The van der Waals surface area contributed by atoms with E-state index in [9.17, 15) is 4.79 Å². The summed E-state index contributed by atoms with van der Waals surface area (Å²) < 4.78 is 0. The van der Waals surface area contributed by atoms with Crippen LogP contribution in [0.2, 0.25) is 0 Å². The first kappa shape index (κ1) is 21.7. The lowest BCUT2D eigenvalue weighted by molar-refractivity contribution is -0.131. The Bertz CT molecular complexity index is 480. The van der Waals surface area contributed by atoms with Gasteiger partial charge in [0.05, 0.1) is 0 Å². The summed E-state index contributed by atoms with van der Waals surface area (Å²) in [7, 11) is 5.72. The second-order valence-electron chi connectivity index (χ2n) is 5.33. The first-order valence-corrected chi connectivity index (χ1v) is 7.29. The zero-order valence-corrected chi connectivity index (χ0v) is 15.5. The van der Waals surface area contributed by atoms with Gasteiger partial charge in [0.25, 0.3) is 0 Å². The number of piperazine rings is 1. The van der Waals surface area contributed by atoms with E-state index in [0.29, 0.717) is 12.4 Å². The zero-order valence-electron chi connectivity index (χ0n) is 13.9. The molecule has 1 aliphatic rings. The minimum absolute atomic E-state index is 0. The second kappa shape index (κ2) is 10.5. The molecule has 1 N–H and O–H groups in total. The van der Waals surface area contributed by atoms with Crippen molar-refractivity contribution in [3.05, 3.63) is 12.3 Å². The number of hydrogen-bond acceptors (Lipinski definition) is 6. The molecular weight excluding hydrogens is 339 g/mol. The van der Waals surface area contributed by atoms with Gasteiger partial charge in [-0.15, -0.1) is 24.8 Å². The average molecular weight is 365 g/mol. The van der Waals surface area contributed by atoms with Crippen LogP contribution in [0.15, 0.2) is 12.3 Å². The fraction of sp³-hybridized carbons (Fsp3) is 0.643. The summed E-state index contributed by atoms with van der Waals surface area (Å²) in [5.41, 5.74) is 0. The summed E-state index contributed by atoms with van der Waals surface area (Å²) >= 11 is 0. The Morgan fingerprint density at radius 1 is 1.26 bits per heavy atom. The van der Waals surface area contributed by atoms with Crippen LogP contribution in [0.3, 0.4) is 0 Å². The molecule has 0 aliphatic carbocycles. The molecule has 2 heterocycles. The number of rotatable bonds is 5. The van der Waals surface area contributed by atoms with Crippen molar-refractivity contribution in [2.75, 3.05) is 63.7 Å². The summed E-state index contributed by atoms with van der Waals surface area (Å²) in [6, 6.07) is 1.92. The fourth-order valence-corrected chi connectivity index (χ4v) is 2.31. The van der Waals surface area contributed by atoms with Gasteiger partial charge in [0.2, 0.25) is 11.9 Å². The topological polar surface area (TPSA) is 64.6 Å². The van der Waals surface area contributed by atoms with Gasteiger partial charge >= 0.3 is 0 Å². The Morgan fingerprint density at radius 3 is 2.48 bits per heavy atom. The first-order chi connectivity index (χ1) is 10.1. The molecule has 0 radical (unpaired) electrons. The second-order valence-corrected chi connectivity index (χ2v) is 5.33. The number of hydrogen-bond donors (Lipinski definition) is 1. The molecule has 0 atom stereocenters. The number of carbonyl (C=O) groups excluding carboxylic acids is 1. The van der Waals surface area contributed by atoms with Crippen molar-refractivity contribution in [2.45, 2.75) is 6.42 Å². The molecule has 9 heteroatoms. The number of amides is 1. The fourth-order valence-electron chi connectivity index (χ4n) is 2.31. The number of halogens is 2. The number of aromatic nitrogens is 2. The van der Waals surface area contributed by atoms with Crippen LogP contribution in [-0.4, -0.2) is 74.6 Å². The molecule has 1 aromatic rings. The molecule has 1 saturated heterocycles. The molecule has 0 saturated carbocycles. The van der Waals surface area contributed by atoms with Crippen LogP contribution in [0.5, 0.6) is 0 Å². The molecule has 23 heavy (non-hydrogen) atoms. The van der Waals surface area contributed by atoms with Gasteiger partial charge in [0.1, 0.15) is 5.82 Å². The molecule has 0 unspecified atom stereocenters. The lowest BCUT2D eigenvalue weighted by Crippen LogP contribution is -2.49. The van der Waals surface area contributed by atoms with Crippen LogP contribution in [0.4, 0.5) is 11.8 Å². The maximum Gasteiger partial charge on any atom is 0.226 e. The van der Waals surface area contributed by atoms with E-state index in [1.165, 1.54) is 0 Å². The molecule has 1 amide bonds. The molecule has 1 aliphatic heterocycles. The zero-order chi connectivity index (χ0) is 15.2. The predicted molar refractivity (Wildman–Crippen MR) is 98.2 cm³/mol. The van der Waals surface area contributed by atoms with E-state index in [0.717, 1.165) is 38.5 Å². The highest BCUT2D eigenvalue weighted by atomic mass is 35.5. The van der Waals surface area contributed by atoms with Crippen LogP contribution >= 0.6 is 24.8 Å². The van der Waals surface area contributed by atoms with E-state index in [2.05, 4.69) is 20.2 Å². The van der Waals surface area contributed by atoms with Gasteiger partial charge in [-0.3, -0.25) is 4.79 Å². The van der Waals surface area contributed by atoms with Crippen LogP contribution < -0.4 is 15.1 Å². The van der Waals surface area contributed by atoms with E-state index in [4.69, 9.17) is 0 Å². The highest BCUT2D eigenvalue weighted by Gasteiger charge is 2.21. The molecule has 1 fully saturated rings. The Kier molecular flexibility index (Phi) is 9.87. The normalized spacial score (nSPS) is 13.9. The Hall–Kier alpha value is -1.31. The molecular formula is C14H26Cl2N6O. The maximum absolute atomic E-state index is 12.0. The smallest absolute Gasteiger partial charge is 0.226 e. The Balaban J connectivity index is 0.00000242. The van der Waals surface area contributed by atoms with Crippen molar-refractivity contribution in [3.8, 4) is 0 Å². The number of carbonyl (C=O) groups is 1. The van der Waals surface area contributed by atoms with Crippen molar-refractivity contribution >= 4 is 42.5 Å². The molecule has 2 rings (SSSR count). The highest BCUT2D eigenvalue weighted by molar-refractivity contribution is 5.85. The average Bonchev–Trinajstić information content (AvgIpc) is 2.53. The number of nitrogens with one attached hydrogen (secondary N) is 1. The van der Waals surface area contributed by atoms with Gasteiger partial charge in [-0.1, -0.05) is 0 Å². The quantitative estimate of drug-likeness (QED) is 0.827. The summed E-state index contributed by atoms with van der Waals surface area (Å²) in [5, 5.41) is 3.01. The third kappa shape index (κ3) is 6.01. The first-order valence-electron chi connectivity index (χ1n) is 7.29. The van der Waals surface area contributed by atoms with Gasteiger partial charge in [0, 0.05) is 59.4 Å². The molecule has 0 spiro atoms. The van der Waals surface area contributed by atoms with E-state index < -0.39 is 0 Å². The standard InChI is InChI=1S/C14H24N6O.2ClH/c1-15-6-5-13(21)20-10-8-19(9-11-20)12-4-7-16-14(17-12)18(2)3;;/h4,7,15H,5-6,8-11H2,1-3H3;2*1H. The van der Waals surface area contributed by atoms with Gasteiger partial charge < -0.3 is 20.0 Å². The maximum atomic E-state index is 12.0. The Morgan fingerprint density at radius 2 is 1.91 bits per heavy atom. The van der Waals surface area contributed by atoms with E-state index in [1.807, 2.05) is 37.0 Å². The molecule has 0 bridgehead atoms. The highest BCUT2D eigenvalue weighted by Crippen LogP contribution is 2.16. The van der Waals surface area contributed by atoms with E-state index in [-0.39, 0.29) is 30.7 Å². The van der Waals surface area contributed by atoms with Gasteiger partial charge in [-0.2, -0.15) is 4.98 Å².